The van der Waals surface area contributed by atoms with E-state index in [9.17, 15) is 17.6 Å². The molecule has 0 aromatic heterocycles. The quantitative estimate of drug-likeness (QED) is 0.841. The van der Waals surface area contributed by atoms with Crippen LogP contribution >= 0.6 is 15.9 Å². The molecule has 90 valence electrons. The van der Waals surface area contributed by atoms with E-state index in [-0.39, 0.29) is 12.0 Å². The van der Waals surface area contributed by atoms with E-state index in [4.69, 9.17) is 5.73 Å². The van der Waals surface area contributed by atoms with E-state index in [1.54, 1.807) is 6.07 Å². The Kier molecular flexibility index (Phi) is 4.32. The van der Waals surface area contributed by atoms with Gasteiger partial charge in [-0.15, -0.1) is 0 Å². The van der Waals surface area contributed by atoms with Gasteiger partial charge in [0.25, 0.3) is 0 Å². The molecule has 0 saturated heterocycles. The van der Waals surface area contributed by atoms with E-state index in [0.29, 0.717) is 4.47 Å². The summed E-state index contributed by atoms with van der Waals surface area (Å²) in [4.78, 5) is 0. The molecule has 1 aromatic carbocycles. The van der Waals surface area contributed by atoms with Crippen LogP contribution in [0, 0.1) is 5.82 Å². The Labute approximate surface area is 98.8 Å². The molecule has 0 radical (unpaired) electrons. The summed E-state index contributed by atoms with van der Waals surface area (Å²) in [6.45, 7) is 0. The molecule has 0 aliphatic carbocycles. The summed E-state index contributed by atoms with van der Waals surface area (Å²) in [5.74, 6) is -0.593. The van der Waals surface area contributed by atoms with Crippen molar-refractivity contribution >= 4 is 15.9 Å². The summed E-state index contributed by atoms with van der Waals surface area (Å²) in [5.41, 5.74) is 5.62. The van der Waals surface area contributed by atoms with Gasteiger partial charge in [0.15, 0.2) is 0 Å². The molecule has 1 aromatic rings. The number of alkyl halides is 3. The van der Waals surface area contributed by atoms with Crippen molar-refractivity contribution in [2.45, 2.75) is 25.1 Å². The Morgan fingerprint density at radius 1 is 1.31 bits per heavy atom. The largest absolute Gasteiger partial charge is 0.389 e. The molecular formula is C10H10BrF4N. The lowest BCUT2D eigenvalue weighted by Gasteiger charge is -2.15. The molecule has 0 bridgehead atoms. The van der Waals surface area contributed by atoms with Crippen molar-refractivity contribution in [3.63, 3.8) is 0 Å². The summed E-state index contributed by atoms with van der Waals surface area (Å²) < 4.78 is 49.6. The zero-order valence-electron chi connectivity index (χ0n) is 8.19. The van der Waals surface area contributed by atoms with Crippen LogP contribution < -0.4 is 5.73 Å². The molecule has 1 nitrogen and oxygen atoms in total. The van der Waals surface area contributed by atoms with Crippen molar-refractivity contribution in [2.24, 2.45) is 5.73 Å². The van der Waals surface area contributed by atoms with Gasteiger partial charge in [-0.25, -0.2) is 4.39 Å². The van der Waals surface area contributed by atoms with E-state index in [1.165, 1.54) is 12.1 Å². The van der Waals surface area contributed by atoms with Crippen molar-refractivity contribution in [3.8, 4) is 0 Å². The molecule has 0 heterocycles. The van der Waals surface area contributed by atoms with Crippen LogP contribution in [0.3, 0.4) is 0 Å². The Morgan fingerprint density at radius 2 is 1.94 bits per heavy atom. The Morgan fingerprint density at radius 3 is 2.44 bits per heavy atom. The molecule has 0 unspecified atom stereocenters. The first-order valence-corrected chi connectivity index (χ1v) is 5.37. The highest BCUT2D eigenvalue weighted by Gasteiger charge is 2.28. The van der Waals surface area contributed by atoms with Crippen LogP contribution in [0.15, 0.2) is 22.7 Å². The lowest BCUT2D eigenvalue weighted by atomic mass is 10.0. The van der Waals surface area contributed by atoms with Crippen molar-refractivity contribution < 1.29 is 17.6 Å². The van der Waals surface area contributed by atoms with Gasteiger partial charge in [-0.1, -0.05) is 22.0 Å². The highest BCUT2D eigenvalue weighted by molar-refractivity contribution is 9.10. The summed E-state index contributed by atoms with van der Waals surface area (Å²) in [7, 11) is 0. The molecule has 16 heavy (non-hydrogen) atoms. The maximum Gasteiger partial charge on any atom is 0.389 e. The number of benzene rings is 1. The van der Waals surface area contributed by atoms with Gasteiger partial charge < -0.3 is 5.73 Å². The average molecular weight is 300 g/mol. The van der Waals surface area contributed by atoms with Crippen LogP contribution in [0.4, 0.5) is 17.6 Å². The topological polar surface area (TPSA) is 26.0 Å². The van der Waals surface area contributed by atoms with E-state index in [2.05, 4.69) is 15.9 Å². The van der Waals surface area contributed by atoms with E-state index < -0.39 is 24.5 Å². The number of nitrogens with two attached hydrogens (primary N) is 1. The molecule has 0 amide bonds. The third kappa shape index (κ3) is 3.75. The van der Waals surface area contributed by atoms with E-state index in [0.717, 1.165) is 0 Å². The molecule has 6 heteroatoms. The fourth-order valence-electron chi connectivity index (χ4n) is 1.33. The first-order valence-electron chi connectivity index (χ1n) is 4.57. The lowest BCUT2D eigenvalue weighted by Crippen LogP contribution is -2.17. The standard InChI is InChI=1S/C10H10BrF4N/c11-6-2-1-3-7(12)9(6)8(16)4-5-10(13,14)15/h1-3,8H,4-5,16H2/t8-/m0/s1. The van der Waals surface area contributed by atoms with Crippen LogP contribution in [-0.2, 0) is 0 Å². The number of rotatable bonds is 3. The van der Waals surface area contributed by atoms with Crippen LogP contribution in [0.5, 0.6) is 0 Å². The minimum atomic E-state index is -4.27. The van der Waals surface area contributed by atoms with Gasteiger partial charge in [-0.3, -0.25) is 0 Å². The van der Waals surface area contributed by atoms with Crippen LogP contribution in [0.1, 0.15) is 24.4 Å². The molecule has 0 saturated carbocycles. The third-order valence-corrected chi connectivity index (χ3v) is 2.80. The zero-order valence-corrected chi connectivity index (χ0v) is 9.78. The highest BCUT2D eigenvalue weighted by Crippen LogP contribution is 2.31. The van der Waals surface area contributed by atoms with Crippen molar-refractivity contribution in [3.05, 3.63) is 34.1 Å². The van der Waals surface area contributed by atoms with E-state index >= 15 is 0 Å². The Balaban J connectivity index is 2.77. The maximum atomic E-state index is 13.3. The van der Waals surface area contributed by atoms with Crippen LogP contribution in [-0.4, -0.2) is 6.18 Å². The number of hydrogen-bond acceptors (Lipinski definition) is 1. The summed E-state index contributed by atoms with van der Waals surface area (Å²) in [6.07, 6.45) is -5.62. The second-order valence-corrected chi connectivity index (χ2v) is 4.25. The fraction of sp³-hybridized carbons (Fsp3) is 0.400. The van der Waals surface area contributed by atoms with Gasteiger partial charge in [0.1, 0.15) is 5.82 Å². The van der Waals surface area contributed by atoms with Gasteiger partial charge in [-0.05, 0) is 18.6 Å². The smallest absolute Gasteiger partial charge is 0.324 e. The minimum absolute atomic E-state index is 0.0896. The summed E-state index contributed by atoms with van der Waals surface area (Å²) >= 11 is 3.07. The predicted molar refractivity (Wildman–Crippen MR) is 56.3 cm³/mol. The molecule has 2 N–H and O–H groups in total. The number of hydrogen-bond donors (Lipinski definition) is 1. The van der Waals surface area contributed by atoms with Gasteiger partial charge in [0.2, 0.25) is 0 Å². The van der Waals surface area contributed by atoms with Crippen molar-refractivity contribution in [1.82, 2.24) is 0 Å². The molecule has 1 atom stereocenters. The van der Waals surface area contributed by atoms with Gasteiger partial charge >= 0.3 is 6.18 Å². The second kappa shape index (κ2) is 5.14. The monoisotopic (exact) mass is 299 g/mol. The average Bonchev–Trinajstić information content (AvgIpc) is 2.13. The molecule has 0 fully saturated rings. The van der Waals surface area contributed by atoms with Crippen LogP contribution in [0.2, 0.25) is 0 Å². The third-order valence-electron chi connectivity index (χ3n) is 2.11. The predicted octanol–water partition coefficient (Wildman–Crippen LogP) is 3.93. The SMILES string of the molecule is N[C@@H](CCC(F)(F)F)c1c(F)cccc1Br. The Bertz CT molecular complexity index is 344. The first kappa shape index (κ1) is 13.4. The molecule has 0 aliphatic heterocycles. The molecule has 0 spiro atoms. The van der Waals surface area contributed by atoms with Gasteiger partial charge in [-0.2, -0.15) is 13.2 Å². The fourth-order valence-corrected chi connectivity index (χ4v) is 1.96. The van der Waals surface area contributed by atoms with Gasteiger partial charge in [0.05, 0.1) is 0 Å². The highest BCUT2D eigenvalue weighted by atomic mass is 79.9. The molecule has 1 rings (SSSR count). The zero-order chi connectivity index (χ0) is 12.3. The van der Waals surface area contributed by atoms with Gasteiger partial charge in [0, 0.05) is 22.5 Å². The summed E-state index contributed by atoms with van der Waals surface area (Å²) in [5, 5.41) is 0. The second-order valence-electron chi connectivity index (χ2n) is 3.40. The molecule has 0 aliphatic rings. The normalized spacial score (nSPS) is 13.9. The van der Waals surface area contributed by atoms with Crippen molar-refractivity contribution in [2.75, 3.05) is 0 Å². The van der Waals surface area contributed by atoms with Crippen LogP contribution in [0.25, 0.3) is 0 Å². The lowest BCUT2D eigenvalue weighted by molar-refractivity contribution is -0.136. The first-order chi connectivity index (χ1) is 7.31. The maximum absolute atomic E-state index is 13.3. The molecular weight excluding hydrogens is 290 g/mol. The Hall–Kier alpha value is -0.620. The number of halogens is 5. The van der Waals surface area contributed by atoms with E-state index in [1.807, 2.05) is 0 Å². The van der Waals surface area contributed by atoms with Crippen molar-refractivity contribution in [1.29, 1.82) is 0 Å². The summed E-state index contributed by atoms with van der Waals surface area (Å²) in [6, 6.07) is 3.22. The minimum Gasteiger partial charge on any atom is -0.324 e.